The Bertz CT molecular complexity index is 755. The first-order chi connectivity index (χ1) is 12.4. The van der Waals surface area contributed by atoms with Gasteiger partial charge in [-0.3, -0.25) is 4.79 Å². The van der Waals surface area contributed by atoms with Crippen LogP contribution in [0.4, 0.5) is 0 Å². The van der Waals surface area contributed by atoms with Crippen LogP contribution < -0.4 is 5.32 Å². The number of carbonyl (C=O) groups is 1. The predicted molar refractivity (Wildman–Crippen MR) is 101 cm³/mol. The maximum Gasteiger partial charge on any atom is 0.243 e. The Labute approximate surface area is 153 Å². The number of benzene rings is 2. The van der Waals surface area contributed by atoms with E-state index in [4.69, 9.17) is 0 Å². The standard InChI is InChI=1S/C21H25NO4/c1-3-21(26)22-18(10-6-15-4-8-17(23)9-5-15)14(2)12-16-7-11-19(24)20(25)13-16/h3-5,7-9,11,13-14,18,23-25H,1,6,10,12H2,2H3,(H,22,26). The van der Waals surface area contributed by atoms with Crippen LogP contribution in [-0.4, -0.2) is 27.3 Å². The Morgan fingerprint density at radius 2 is 1.73 bits per heavy atom. The summed E-state index contributed by atoms with van der Waals surface area (Å²) in [5, 5.41) is 31.4. The van der Waals surface area contributed by atoms with Crippen molar-refractivity contribution in [3.63, 3.8) is 0 Å². The van der Waals surface area contributed by atoms with Gasteiger partial charge in [-0.05, 0) is 66.6 Å². The molecule has 5 heteroatoms. The van der Waals surface area contributed by atoms with E-state index >= 15 is 0 Å². The zero-order valence-corrected chi connectivity index (χ0v) is 14.9. The van der Waals surface area contributed by atoms with Gasteiger partial charge >= 0.3 is 0 Å². The molecule has 138 valence electrons. The molecular formula is C21H25NO4. The third kappa shape index (κ3) is 5.55. The van der Waals surface area contributed by atoms with E-state index in [2.05, 4.69) is 11.9 Å². The molecule has 5 nitrogen and oxygen atoms in total. The second-order valence-corrected chi connectivity index (χ2v) is 6.53. The second kappa shape index (κ2) is 8.94. The smallest absolute Gasteiger partial charge is 0.243 e. The first-order valence-corrected chi connectivity index (χ1v) is 8.60. The number of amides is 1. The number of hydrogen-bond donors (Lipinski definition) is 4. The summed E-state index contributed by atoms with van der Waals surface area (Å²) in [5.74, 6) is -0.178. The van der Waals surface area contributed by atoms with Gasteiger partial charge in [-0.25, -0.2) is 0 Å². The highest BCUT2D eigenvalue weighted by atomic mass is 16.3. The van der Waals surface area contributed by atoms with Gasteiger partial charge < -0.3 is 20.6 Å². The van der Waals surface area contributed by atoms with Gasteiger partial charge in [-0.1, -0.05) is 31.7 Å². The number of phenols is 3. The lowest BCUT2D eigenvalue weighted by atomic mass is 9.89. The highest BCUT2D eigenvalue weighted by Gasteiger charge is 2.19. The quantitative estimate of drug-likeness (QED) is 0.432. The number of phenolic OH excluding ortho intramolecular Hbond substituents is 3. The summed E-state index contributed by atoms with van der Waals surface area (Å²) in [6.45, 7) is 5.54. The third-order valence-electron chi connectivity index (χ3n) is 4.48. The zero-order chi connectivity index (χ0) is 19.1. The molecule has 0 saturated heterocycles. The van der Waals surface area contributed by atoms with Crippen molar-refractivity contribution in [2.24, 2.45) is 5.92 Å². The van der Waals surface area contributed by atoms with Crippen LogP contribution in [0, 0.1) is 5.92 Å². The van der Waals surface area contributed by atoms with E-state index in [9.17, 15) is 20.1 Å². The lowest BCUT2D eigenvalue weighted by molar-refractivity contribution is -0.117. The van der Waals surface area contributed by atoms with Crippen molar-refractivity contribution in [1.29, 1.82) is 0 Å². The number of aryl methyl sites for hydroxylation is 1. The van der Waals surface area contributed by atoms with Gasteiger partial charge in [0, 0.05) is 6.04 Å². The maximum absolute atomic E-state index is 11.8. The SMILES string of the molecule is C=CC(=O)NC(CCc1ccc(O)cc1)C(C)Cc1ccc(O)c(O)c1. The maximum atomic E-state index is 11.8. The molecule has 2 aromatic carbocycles. The van der Waals surface area contributed by atoms with Crippen molar-refractivity contribution in [1.82, 2.24) is 5.32 Å². The zero-order valence-electron chi connectivity index (χ0n) is 14.9. The number of rotatable bonds is 8. The first-order valence-electron chi connectivity index (χ1n) is 8.60. The summed E-state index contributed by atoms with van der Waals surface area (Å²) in [6.07, 6.45) is 3.39. The number of carbonyl (C=O) groups excluding carboxylic acids is 1. The van der Waals surface area contributed by atoms with Crippen molar-refractivity contribution in [3.8, 4) is 17.2 Å². The van der Waals surface area contributed by atoms with Crippen LogP contribution in [0.1, 0.15) is 24.5 Å². The molecule has 4 N–H and O–H groups in total. The minimum absolute atomic E-state index is 0.0785. The monoisotopic (exact) mass is 355 g/mol. The number of hydrogen-bond acceptors (Lipinski definition) is 4. The van der Waals surface area contributed by atoms with Gasteiger partial charge in [-0.15, -0.1) is 0 Å². The molecule has 0 bridgehead atoms. The lowest BCUT2D eigenvalue weighted by Gasteiger charge is -2.25. The van der Waals surface area contributed by atoms with Crippen molar-refractivity contribution in [3.05, 3.63) is 66.2 Å². The molecule has 0 aliphatic carbocycles. The number of nitrogens with one attached hydrogen (secondary N) is 1. The molecule has 0 aromatic heterocycles. The van der Waals surface area contributed by atoms with E-state index in [0.717, 1.165) is 24.0 Å². The van der Waals surface area contributed by atoms with Crippen LogP contribution in [-0.2, 0) is 17.6 Å². The highest BCUT2D eigenvalue weighted by molar-refractivity contribution is 5.87. The summed E-state index contributed by atoms with van der Waals surface area (Å²) in [7, 11) is 0. The Balaban J connectivity index is 2.06. The van der Waals surface area contributed by atoms with Crippen LogP contribution in [0.2, 0.25) is 0 Å². The van der Waals surface area contributed by atoms with E-state index in [-0.39, 0.29) is 35.1 Å². The number of aromatic hydroxyl groups is 3. The van der Waals surface area contributed by atoms with Crippen molar-refractivity contribution in [2.45, 2.75) is 32.2 Å². The van der Waals surface area contributed by atoms with Crippen LogP contribution >= 0.6 is 0 Å². The molecule has 26 heavy (non-hydrogen) atoms. The fourth-order valence-electron chi connectivity index (χ4n) is 2.94. The van der Waals surface area contributed by atoms with E-state index in [1.807, 2.05) is 19.1 Å². The second-order valence-electron chi connectivity index (χ2n) is 6.53. The molecule has 2 aromatic rings. The van der Waals surface area contributed by atoms with Crippen LogP contribution in [0.3, 0.4) is 0 Å². The van der Waals surface area contributed by atoms with Gasteiger partial charge in [0.05, 0.1) is 0 Å². The van der Waals surface area contributed by atoms with E-state index < -0.39 is 0 Å². The molecule has 2 rings (SSSR count). The topological polar surface area (TPSA) is 89.8 Å². The molecule has 0 saturated carbocycles. The minimum atomic E-state index is -0.221. The average molecular weight is 355 g/mol. The predicted octanol–water partition coefficient (Wildman–Crippen LogP) is 3.29. The average Bonchev–Trinajstić information content (AvgIpc) is 2.62. The van der Waals surface area contributed by atoms with Gasteiger partial charge in [0.25, 0.3) is 0 Å². The van der Waals surface area contributed by atoms with Gasteiger partial charge in [0.15, 0.2) is 11.5 Å². The van der Waals surface area contributed by atoms with E-state index in [1.165, 1.54) is 18.2 Å². The fourth-order valence-corrected chi connectivity index (χ4v) is 2.94. The Kier molecular flexibility index (Phi) is 6.67. The molecule has 0 radical (unpaired) electrons. The molecular weight excluding hydrogens is 330 g/mol. The fraction of sp³-hybridized carbons (Fsp3) is 0.286. The largest absolute Gasteiger partial charge is 0.508 e. The summed E-state index contributed by atoms with van der Waals surface area (Å²) in [5.41, 5.74) is 1.96. The van der Waals surface area contributed by atoms with Crippen molar-refractivity contribution >= 4 is 5.91 Å². The van der Waals surface area contributed by atoms with Crippen molar-refractivity contribution in [2.75, 3.05) is 0 Å². The summed E-state index contributed by atoms with van der Waals surface area (Å²) >= 11 is 0. The Hall–Kier alpha value is -2.95. The van der Waals surface area contributed by atoms with Crippen LogP contribution in [0.15, 0.2) is 55.1 Å². The van der Waals surface area contributed by atoms with Gasteiger partial charge in [0.2, 0.25) is 5.91 Å². The van der Waals surface area contributed by atoms with Crippen LogP contribution in [0.5, 0.6) is 17.2 Å². The molecule has 2 unspecified atom stereocenters. The molecule has 0 fully saturated rings. The van der Waals surface area contributed by atoms with Gasteiger partial charge in [-0.2, -0.15) is 0 Å². The minimum Gasteiger partial charge on any atom is -0.508 e. The third-order valence-corrected chi connectivity index (χ3v) is 4.48. The van der Waals surface area contributed by atoms with E-state index in [0.29, 0.717) is 6.42 Å². The molecule has 0 aliphatic rings. The van der Waals surface area contributed by atoms with Crippen LogP contribution in [0.25, 0.3) is 0 Å². The van der Waals surface area contributed by atoms with Crippen molar-refractivity contribution < 1.29 is 20.1 Å². The molecule has 2 atom stereocenters. The molecule has 0 spiro atoms. The van der Waals surface area contributed by atoms with Gasteiger partial charge in [0.1, 0.15) is 5.75 Å². The molecule has 1 amide bonds. The lowest BCUT2D eigenvalue weighted by Crippen LogP contribution is -2.39. The summed E-state index contributed by atoms with van der Waals surface area (Å²) in [6, 6.07) is 11.7. The molecule has 0 aliphatic heterocycles. The summed E-state index contributed by atoms with van der Waals surface area (Å²) in [4.78, 5) is 11.8. The summed E-state index contributed by atoms with van der Waals surface area (Å²) < 4.78 is 0. The molecule has 0 heterocycles. The Morgan fingerprint density at radius 1 is 1.08 bits per heavy atom. The van der Waals surface area contributed by atoms with E-state index in [1.54, 1.807) is 18.2 Å². The Morgan fingerprint density at radius 3 is 2.35 bits per heavy atom. The first kappa shape index (κ1) is 19.4. The highest BCUT2D eigenvalue weighted by Crippen LogP contribution is 2.27. The normalized spacial score (nSPS) is 13.0.